The average molecular weight is 199 g/mol. The summed E-state index contributed by atoms with van der Waals surface area (Å²) in [5, 5.41) is 11.4. The first-order chi connectivity index (χ1) is 6.77. The van der Waals surface area contributed by atoms with Gasteiger partial charge >= 0.3 is 0 Å². The topological polar surface area (TPSA) is 61.8 Å². The molecule has 82 valence electrons. The molecule has 4 nitrogen and oxygen atoms in total. The highest BCUT2D eigenvalue weighted by atomic mass is 16.4. The predicted molar refractivity (Wildman–Crippen MR) is 57.5 cm³/mol. The molecular formula is C10H21N3O. The van der Waals surface area contributed by atoms with E-state index < -0.39 is 0 Å². The van der Waals surface area contributed by atoms with Gasteiger partial charge in [0.05, 0.1) is 0 Å². The van der Waals surface area contributed by atoms with E-state index in [0.29, 0.717) is 12.3 Å². The second-order valence-corrected chi connectivity index (χ2v) is 3.96. The molecule has 14 heavy (non-hydrogen) atoms. The second-order valence-electron chi connectivity index (χ2n) is 3.96. The first-order valence-electron chi connectivity index (χ1n) is 5.48. The number of unbranched alkanes of at least 4 members (excludes halogenated alkanes) is 1. The number of nitrogens with two attached hydrogens (primary N) is 1. The molecule has 1 fully saturated rings. The summed E-state index contributed by atoms with van der Waals surface area (Å²) in [6.45, 7) is 4.29. The highest BCUT2D eigenvalue weighted by Gasteiger charge is 2.27. The lowest BCUT2D eigenvalue weighted by molar-refractivity contribution is 0.263. The van der Waals surface area contributed by atoms with Crippen LogP contribution < -0.4 is 5.73 Å². The second kappa shape index (κ2) is 5.86. The fraction of sp³-hybridized carbons (Fsp3) is 0.900. The molecule has 3 N–H and O–H groups in total. The van der Waals surface area contributed by atoms with Crippen LogP contribution in [0.5, 0.6) is 0 Å². The number of nitrogens with zero attached hydrogens (tertiary/aromatic N) is 2. The zero-order valence-electron chi connectivity index (χ0n) is 8.95. The van der Waals surface area contributed by atoms with Crippen LogP contribution in [-0.2, 0) is 0 Å². The Balaban J connectivity index is 2.21. The van der Waals surface area contributed by atoms with Gasteiger partial charge in [0.2, 0.25) is 0 Å². The van der Waals surface area contributed by atoms with Crippen LogP contribution in [0.2, 0.25) is 0 Å². The van der Waals surface area contributed by atoms with Crippen LogP contribution in [0, 0.1) is 0 Å². The van der Waals surface area contributed by atoms with Crippen molar-refractivity contribution in [3.8, 4) is 0 Å². The number of amidine groups is 1. The van der Waals surface area contributed by atoms with Gasteiger partial charge < -0.3 is 10.9 Å². The maximum absolute atomic E-state index is 8.42. The number of rotatable bonds is 7. The Morgan fingerprint density at radius 2 is 2.21 bits per heavy atom. The van der Waals surface area contributed by atoms with Gasteiger partial charge in [-0.25, -0.2) is 0 Å². The minimum atomic E-state index is 0.340. The van der Waals surface area contributed by atoms with Crippen molar-refractivity contribution in [1.82, 2.24) is 4.90 Å². The van der Waals surface area contributed by atoms with E-state index in [9.17, 15) is 0 Å². The summed E-state index contributed by atoms with van der Waals surface area (Å²) >= 11 is 0. The fourth-order valence-electron chi connectivity index (χ4n) is 1.59. The van der Waals surface area contributed by atoms with Crippen molar-refractivity contribution in [2.24, 2.45) is 10.9 Å². The quantitative estimate of drug-likeness (QED) is 0.282. The van der Waals surface area contributed by atoms with E-state index in [1.807, 2.05) is 0 Å². The third kappa shape index (κ3) is 3.96. The van der Waals surface area contributed by atoms with Gasteiger partial charge in [0, 0.05) is 19.0 Å². The molecule has 0 aliphatic heterocycles. The standard InChI is InChI=1S/C10H21N3O/c1-2-3-7-13(9-4-5-9)8-6-10(11)12-14/h9,14H,2-8H2,1H3,(H2,11,12). The van der Waals surface area contributed by atoms with Gasteiger partial charge in [-0.2, -0.15) is 0 Å². The van der Waals surface area contributed by atoms with Crippen LogP contribution in [0.1, 0.15) is 39.0 Å². The Hall–Kier alpha value is -0.770. The first kappa shape index (κ1) is 11.3. The predicted octanol–water partition coefficient (Wildman–Crippen LogP) is 1.39. The van der Waals surface area contributed by atoms with Crippen molar-refractivity contribution in [1.29, 1.82) is 0 Å². The van der Waals surface area contributed by atoms with Crippen molar-refractivity contribution in [2.75, 3.05) is 13.1 Å². The Morgan fingerprint density at radius 1 is 1.50 bits per heavy atom. The molecule has 0 spiro atoms. The van der Waals surface area contributed by atoms with E-state index in [4.69, 9.17) is 10.9 Å². The normalized spacial score (nSPS) is 17.7. The molecule has 0 amide bonds. The molecule has 0 saturated heterocycles. The lowest BCUT2D eigenvalue weighted by Crippen LogP contribution is -2.31. The largest absolute Gasteiger partial charge is 0.409 e. The SMILES string of the molecule is CCCCN(CCC(N)=NO)C1CC1. The molecule has 0 aromatic rings. The highest BCUT2D eigenvalue weighted by molar-refractivity contribution is 5.79. The van der Waals surface area contributed by atoms with Crippen LogP contribution in [0.15, 0.2) is 5.16 Å². The maximum atomic E-state index is 8.42. The molecule has 1 rings (SSSR count). The Morgan fingerprint density at radius 3 is 2.71 bits per heavy atom. The molecule has 0 radical (unpaired) electrons. The van der Waals surface area contributed by atoms with Crippen molar-refractivity contribution < 1.29 is 5.21 Å². The molecule has 0 aromatic heterocycles. The van der Waals surface area contributed by atoms with E-state index in [-0.39, 0.29) is 0 Å². The van der Waals surface area contributed by atoms with Crippen molar-refractivity contribution in [2.45, 2.75) is 45.1 Å². The molecule has 0 heterocycles. The van der Waals surface area contributed by atoms with E-state index in [2.05, 4.69) is 17.0 Å². The third-order valence-electron chi connectivity index (χ3n) is 2.65. The van der Waals surface area contributed by atoms with Crippen LogP contribution in [0.25, 0.3) is 0 Å². The van der Waals surface area contributed by atoms with Gasteiger partial charge in [0.15, 0.2) is 0 Å². The molecule has 0 unspecified atom stereocenters. The summed E-state index contributed by atoms with van der Waals surface area (Å²) < 4.78 is 0. The summed E-state index contributed by atoms with van der Waals surface area (Å²) in [6, 6.07) is 0.771. The smallest absolute Gasteiger partial charge is 0.140 e. The van der Waals surface area contributed by atoms with E-state index in [1.54, 1.807) is 0 Å². The number of hydrogen-bond acceptors (Lipinski definition) is 3. The molecule has 1 aliphatic rings. The maximum Gasteiger partial charge on any atom is 0.140 e. The average Bonchev–Trinajstić information content (AvgIpc) is 3.01. The van der Waals surface area contributed by atoms with Crippen LogP contribution >= 0.6 is 0 Å². The zero-order chi connectivity index (χ0) is 10.4. The summed E-state index contributed by atoms with van der Waals surface area (Å²) in [4.78, 5) is 2.46. The minimum Gasteiger partial charge on any atom is -0.409 e. The van der Waals surface area contributed by atoms with Gasteiger partial charge in [-0.3, -0.25) is 4.90 Å². The highest BCUT2D eigenvalue weighted by Crippen LogP contribution is 2.27. The van der Waals surface area contributed by atoms with E-state index in [0.717, 1.165) is 19.1 Å². The number of hydrogen-bond donors (Lipinski definition) is 2. The lowest BCUT2D eigenvalue weighted by Gasteiger charge is -2.21. The fourth-order valence-corrected chi connectivity index (χ4v) is 1.59. The minimum absolute atomic E-state index is 0.340. The molecule has 1 saturated carbocycles. The Kier molecular flexibility index (Phi) is 4.73. The van der Waals surface area contributed by atoms with Gasteiger partial charge in [0.25, 0.3) is 0 Å². The summed E-state index contributed by atoms with van der Waals surface area (Å²) in [6.07, 6.45) is 5.79. The molecule has 4 heteroatoms. The molecule has 0 aromatic carbocycles. The molecule has 1 aliphatic carbocycles. The van der Waals surface area contributed by atoms with Crippen molar-refractivity contribution in [3.05, 3.63) is 0 Å². The zero-order valence-corrected chi connectivity index (χ0v) is 8.95. The molecule has 0 bridgehead atoms. The van der Waals surface area contributed by atoms with Gasteiger partial charge in [-0.05, 0) is 25.8 Å². The van der Waals surface area contributed by atoms with Gasteiger partial charge in [0.1, 0.15) is 5.84 Å². The Labute approximate surface area is 85.8 Å². The monoisotopic (exact) mass is 199 g/mol. The first-order valence-corrected chi connectivity index (χ1v) is 5.48. The van der Waals surface area contributed by atoms with Crippen molar-refractivity contribution >= 4 is 5.84 Å². The van der Waals surface area contributed by atoms with Crippen LogP contribution in [0.4, 0.5) is 0 Å². The van der Waals surface area contributed by atoms with Gasteiger partial charge in [-0.1, -0.05) is 18.5 Å². The van der Waals surface area contributed by atoms with Crippen molar-refractivity contribution in [3.63, 3.8) is 0 Å². The van der Waals surface area contributed by atoms with Crippen LogP contribution in [-0.4, -0.2) is 35.1 Å². The van der Waals surface area contributed by atoms with Crippen LogP contribution in [0.3, 0.4) is 0 Å². The lowest BCUT2D eigenvalue weighted by atomic mass is 10.3. The Bertz CT molecular complexity index is 190. The number of oxime groups is 1. The summed E-state index contributed by atoms with van der Waals surface area (Å²) in [5.41, 5.74) is 5.44. The summed E-state index contributed by atoms with van der Waals surface area (Å²) in [7, 11) is 0. The van der Waals surface area contributed by atoms with Gasteiger partial charge in [-0.15, -0.1) is 0 Å². The molecule has 0 atom stereocenters. The molecular weight excluding hydrogens is 178 g/mol. The third-order valence-corrected chi connectivity index (χ3v) is 2.65. The summed E-state index contributed by atoms with van der Waals surface area (Å²) in [5.74, 6) is 0.340. The van der Waals surface area contributed by atoms with E-state index in [1.165, 1.54) is 25.7 Å². The van der Waals surface area contributed by atoms with E-state index >= 15 is 0 Å².